The molecule has 0 fully saturated rings. The zero-order valence-electron chi connectivity index (χ0n) is 19.7. The number of rotatable bonds is 4. The van der Waals surface area contributed by atoms with Gasteiger partial charge in [0.15, 0.2) is 6.10 Å². The standard InChI is InChI=1S/C25H28ClN3O4/c1-13-18(23(24(31)32)33-25(4,5)6)19(16-7-9-17(26)10-8-16)20-22-21(13)29(15(3)30)12-11-28(22)14(2)27-20/h7-10,23H,11-12H2,1-6H3,(H,31,32)/t23-/m0/s1. The first-order valence-electron chi connectivity index (χ1n) is 10.9. The minimum absolute atomic E-state index is 0.0988. The Balaban J connectivity index is 2.18. The van der Waals surface area contributed by atoms with Gasteiger partial charge < -0.3 is 19.3 Å². The molecule has 3 aromatic rings. The largest absolute Gasteiger partial charge is 0.479 e. The summed E-state index contributed by atoms with van der Waals surface area (Å²) in [5.74, 6) is -0.390. The summed E-state index contributed by atoms with van der Waals surface area (Å²) in [6, 6.07) is 7.26. The summed E-state index contributed by atoms with van der Waals surface area (Å²) < 4.78 is 8.19. The van der Waals surface area contributed by atoms with Crippen LogP contribution in [0.2, 0.25) is 5.02 Å². The van der Waals surface area contributed by atoms with E-state index in [1.807, 2.05) is 46.8 Å². The van der Waals surface area contributed by atoms with Gasteiger partial charge in [0.05, 0.1) is 22.3 Å². The van der Waals surface area contributed by atoms with Gasteiger partial charge in [-0.25, -0.2) is 9.78 Å². The molecule has 2 heterocycles. The lowest BCUT2D eigenvalue weighted by molar-refractivity contribution is -0.160. The van der Waals surface area contributed by atoms with Gasteiger partial charge in [-0.3, -0.25) is 4.79 Å². The number of anilines is 1. The molecule has 0 bridgehead atoms. The van der Waals surface area contributed by atoms with Gasteiger partial charge in [0.2, 0.25) is 5.91 Å². The van der Waals surface area contributed by atoms with Crippen molar-refractivity contribution in [2.24, 2.45) is 0 Å². The number of aromatic nitrogens is 2. The molecule has 1 aliphatic rings. The number of halogens is 1. The van der Waals surface area contributed by atoms with Crippen LogP contribution in [0.5, 0.6) is 0 Å². The van der Waals surface area contributed by atoms with Crippen LogP contribution in [0.3, 0.4) is 0 Å². The number of carbonyl (C=O) groups is 2. The van der Waals surface area contributed by atoms with Gasteiger partial charge in [-0.2, -0.15) is 0 Å². The minimum atomic E-state index is -1.25. The number of carboxylic acids is 1. The maximum absolute atomic E-state index is 12.6. The molecule has 1 atom stereocenters. The number of amides is 1. The average molecular weight is 470 g/mol. The van der Waals surface area contributed by atoms with Crippen LogP contribution in [0.1, 0.15) is 50.8 Å². The van der Waals surface area contributed by atoms with Crippen molar-refractivity contribution < 1.29 is 19.4 Å². The Kier molecular flexibility index (Phi) is 5.75. The quantitative estimate of drug-likeness (QED) is 0.561. The van der Waals surface area contributed by atoms with Crippen molar-refractivity contribution >= 4 is 40.2 Å². The van der Waals surface area contributed by atoms with Crippen LogP contribution in [0, 0.1) is 13.8 Å². The molecule has 0 aliphatic carbocycles. The molecule has 2 aromatic carbocycles. The first-order valence-corrected chi connectivity index (χ1v) is 11.3. The second-order valence-electron chi connectivity index (χ2n) is 9.40. The summed E-state index contributed by atoms with van der Waals surface area (Å²) in [5, 5.41) is 10.8. The number of hydrogen-bond donors (Lipinski definition) is 1. The molecule has 0 unspecified atom stereocenters. The maximum Gasteiger partial charge on any atom is 0.337 e. The third kappa shape index (κ3) is 4.00. The highest BCUT2D eigenvalue weighted by molar-refractivity contribution is 6.30. The predicted octanol–water partition coefficient (Wildman–Crippen LogP) is 5.28. The second-order valence-corrected chi connectivity index (χ2v) is 9.83. The number of imidazole rings is 1. The lowest BCUT2D eigenvalue weighted by Gasteiger charge is -2.33. The normalized spacial score (nSPS) is 14.6. The first-order chi connectivity index (χ1) is 15.4. The monoisotopic (exact) mass is 469 g/mol. The number of carbonyl (C=O) groups excluding carboxylic acids is 1. The van der Waals surface area contributed by atoms with Gasteiger partial charge in [0, 0.05) is 36.2 Å². The SMILES string of the molecule is CC(=O)N1CCn2c(C)nc3c(-c4ccc(Cl)cc4)c([C@H](OC(C)(C)C)C(=O)O)c(C)c1c32. The van der Waals surface area contributed by atoms with Crippen LogP contribution in [-0.4, -0.2) is 38.7 Å². The number of carboxylic acid groups (broad SMARTS) is 1. The molecule has 1 N–H and O–H groups in total. The van der Waals surface area contributed by atoms with E-state index in [1.165, 1.54) is 6.92 Å². The van der Waals surface area contributed by atoms with Crippen LogP contribution in [0.4, 0.5) is 5.69 Å². The zero-order chi connectivity index (χ0) is 24.2. The van der Waals surface area contributed by atoms with Crippen molar-refractivity contribution in [3.05, 3.63) is 46.2 Å². The Morgan fingerprint density at radius 1 is 1.15 bits per heavy atom. The molecule has 1 aliphatic heterocycles. The summed E-state index contributed by atoms with van der Waals surface area (Å²) in [5.41, 5.74) is 4.14. The second kappa shape index (κ2) is 8.15. The smallest absolute Gasteiger partial charge is 0.337 e. The third-order valence-corrected chi connectivity index (χ3v) is 6.19. The Morgan fingerprint density at radius 3 is 2.33 bits per heavy atom. The number of aliphatic carboxylic acids is 1. The number of hydrogen-bond acceptors (Lipinski definition) is 4. The molecule has 8 heteroatoms. The summed E-state index contributed by atoms with van der Waals surface area (Å²) in [6.45, 7) is 11.9. The molecule has 0 saturated carbocycles. The van der Waals surface area contributed by atoms with Crippen molar-refractivity contribution in [1.82, 2.24) is 9.55 Å². The van der Waals surface area contributed by atoms with E-state index in [-0.39, 0.29) is 5.91 Å². The Morgan fingerprint density at radius 2 is 1.79 bits per heavy atom. The summed E-state index contributed by atoms with van der Waals surface area (Å²) in [6.07, 6.45) is -1.25. The third-order valence-electron chi connectivity index (χ3n) is 5.94. The van der Waals surface area contributed by atoms with E-state index in [0.29, 0.717) is 46.0 Å². The summed E-state index contributed by atoms with van der Waals surface area (Å²) >= 11 is 6.15. The molecule has 1 aromatic heterocycles. The van der Waals surface area contributed by atoms with Crippen molar-refractivity contribution in [3.8, 4) is 11.1 Å². The highest BCUT2D eigenvalue weighted by atomic mass is 35.5. The van der Waals surface area contributed by atoms with E-state index < -0.39 is 17.7 Å². The molecule has 4 rings (SSSR count). The number of ether oxygens (including phenoxy) is 1. The molecule has 174 valence electrons. The molecule has 0 saturated heterocycles. The topological polar surface area (TPSA) is 84.7 Å². The molecular formula is C25H28ClN3O4. The van der Waals surface area contributed by atoms with Crippen LogP contribution < -0.4 is 4.90 Å². The zero-order valence-corrected chi connectivity index (χ0v) is 20.4. The van der Waals surface area contributed by atoms with Gasteiger partial charge >= 0.3 is 5.97 Å². The fourth-order valence-corrected chi connectivity index (χ4v) is 4.78. The lowest BCUT2D eigenvalue weighted by Crippen LogP contribution is -2.37. The molecule has 7 nitrogen and oxygen atoms in total. The predicted molar refractivity (Wildman–Crippen MR) is 129 cm³/mol. The molecular weight excluding hydrogens is 442 g/mol. The fraction of sp³-hybridized carbons (Fsp3) is 0.400. The van der Waals surface area contributed by atoms with E-state index in [4.69, 9.17) is 21.3 Å². The van der Waals surface area contributed by atoms with Gasteiger partial charge in [-0.15, -0.1) is 0 Å². The van der Waals surface area contributed by atoms with Crippen molar-refractivity contribution in [2.75, 3.05) is 11.4 Å². The van der Waals surface area contributed by atoms with Crippen LogP contribution in [-0.2, 0) is 20.9 Å². The lowest BCUT2D eigenvalue weighted by atomic mass is 9.88. The van der Waals surface area contributed by atoms with Gasteiger partial charge in [0.1, 0.15) is 5.82 Å². The maximum atomic E-state index is 12.6. The van der Waals surface area contributed by atoms with Crippen LogP contribution in [0.15, 0.2) is 24.3 Å². The van der Waals surface area contributed by atoms with E-state index in [1.54, 1.807) is 17.0 Å². The van der Waals surface area contributed by atoms with E-state index in [0.717, 1.165) is 16.9 Å². The van der Waals surface area contributed by atoms with Crippen molar-refractivity contribution in [1.29, 1.82) is 0 Å². The number of aryl methyl sites for hydroxylation is 1. The van der Waals surface area contributed by atoms with E-state index in [9.17, 15) is 14.7 Å². The van der Waals surface area contributed by atoms with Crippen molar-refractivity contribution in [2.45, 2.75) is 59.8 Å². The van der Waals surface area contributed by atoms with Crippen molar-refractivity contribution in [3.63, 3.8) is 0 Å². The van der Waals surface area contributed by atoms with Gasteiger partial charge in [-0.1, -0.05) is 23.7 Å². The number of nitrogens with zero attached hydrogens (tertiary/aromatic N) is 3. The highest BCUT2D eigenvalue weighted by Gasteiger charge is 2.37. The average Bonchev–Trinajstić information content (AvgIpc) is 3.05. The molecule has 33 heavy (non-hydrogen) atoms. The van der Waals surface area contributed by atoms with Crippen LogP contribution >= 0.6 is 11.6 Å². The first kappa shape index (κ1) is 23.3. The van der Waals surface area contributed by atoms with Gasteiger partial charge in [0.25, 0.3) is 0 Å². The Labute approximate surface area is 197 Å². The van der Waals surface area contributed by atoms with Gasteiger partial charge in [-0.05, 0) is 57.9 Å². The molecule has 1 amide bonds. The minimum Gasteiger partial charge on any atom is -0.479 e. The summed E-state index contributed by atoms with van der Waals surface area (Å²) in [7, 11) is 0. The van der Waals surface area contributed by atoms with E-state index in [2.05, 4.69) is 4.57 Å². The molecule has 0 radical (unpaired) electrons. The number of benzene rings is 2. The Hall–Kier alpha value is -2.90. The Bertz CT molecular complexity index is 1270. The van der Waals surface area contributed by atoms with Crippen LogP contribution in [0.25, 0.3) is 22.2 Å². The highest BCUT2D eigenvalue weighted by Crippen LogP contribution is 2.47. The molecule has 0 spiro atoms. The van der Waals surface area contributed by atoms with E-state index >= 15 is 0 Å². The summed E-state index contributed by atoms with van der Waals surface area (Å²) in [4.78, 5) is 31.7. The fourth-order valence-electron chi connectivity index (χ4n) is 4.65.